The Balaban J connectivity index is 2.16. The fourth-order valence-electron chi connectivity index (χ4n) is 2.89. The van der Waals surface area contributed by atoms with Crippen molar-refractivity contribution in [1.82, 2.24) is 9.88 Å². The maximum atomic E-state index is 12.4. The lowest BCUT2D eigenvalue weighted by Crippen LogP contribution is -2.55. The van der Waals surface area contributed by atoms with Gasteiger partial charge in [0, 0.05) is 12.7 Å². The molecule has 1 saturated carbocycles. The van der Waals surface area contributed by atoms with Crippen molar-refractivity contribution in [2.75, 3.05) is 0 Å². The number of carboxylic acids is 1. The van der Waals surface area contributed by atoms with Crippen LogP contribution in [0.5, 0.6) is 0 Å². The quantitative estimate of drug-likeness (QED) is 0.869. The van der Waals surface area contributed by atoms with Crippen molar-refractivity contribution < 1.29 is 14.7 Å². The molecule has 1 aliphatic rings. The number of nitrogens with one attached hydrogen (secondary N) is 1. The summed E-state index contributed by atoms with van der Waals surface area (Å²) in [5, 5.41) is 12.3. The summed E-state index contributed by atoms with van der Waals surface area (Å²) < 4.78 is 1.87. The Kier molecular flexibility index (Phi) is 4.47. The van der Waals surface area contributed by atoms with E-state index in [2.05, 4.69) is 5.32 Å². The van der Waals surface area contributed by atoms with Gasteiger partial charge in [0.25, 0.3) is 5.91 Å². The Morgan fingerprint density at radius 3 is 2.65 bits per heavy atom. The van der Waals surface area contributed by atoms with Crippen LogP contribution in [0.4, 0.5) is 0 Å². The van der Waals surface area contributed by atoms with Crippen LogP contribution in [0.1, 0.15) is 55.9 Å². The molecule has 0 aliphatic heterocycles. The van der Waals surface area contributed by atoms with Crippen LogP contribution < -0.4 is 5.32 Å². The van der Waals surface area contributed by atoms with Crippen LogP contribution in [0.2, 0.25) is 0 Å². The van der Waals surface area contributed by atoms with E-state index in [9.17, 15) is 14.7 Å². The summed E-state index contributed by atoms with van der Waals surface area (Å²) in [4.78, 5) is 24.0. The van der Waals surface area contributed by atoms with E-state index < -0.39 is 11.5 Å². The van der Waals surface area contributed by atoms with Crippen molar-refractivity contribution in [2.45, 2.75) is 57.5 Å². The lowest BCUT2D eigenvalue weighted by Gasteiger charge is -2.34. The molecule has 1 aromatic rings. The van der Waals surface area contributed by atoms with Crippen molar-refractivity contribution >= 4 is 11.9 Å². The Morgan fingerprint density at radius 1 is 1.35 bits per heavy atom. The molecule has 0 aromatic carbocycles. The van der Waals surface area contributed by atoms with Crippen LogP contribution in [-0.4, -0.2) is 27.1 Å². The highest BCUT2D eigenvalue weighted by Gasteiger charge is 2.41. The molecule has 1 heterocycles. The fourth-order valence-corrected chi connectivity index (χ4v) is 2.89. The van der Waals surface area contributed by atoms with Crippen LogP contribution in [0, 0.1) is 0 Å². The third-order valence-electron chi connectivity index (χ3n) is 4.00. The number of aryl methyl sites for hydroxylation is 1. The van der Waals surface area contributed by atoms with Gasteiger partial charge in [-0.2, -0.15) is 0 Å². The van der Waals surface area contributed by atoms with Crippen molar-refractivity contribution in [2.24, 2.45) is 0 Å². The second-order valence-corrected chi connectivity index (χ2v) is 5.49. The van der Waals surface area contributed by atoms with E-state index in [4.69, 9.17) is 0 Å². The maximum Gasteiger partial charge on any atom is 0.329 e. The number of carbonyl (C=O) groups is 2. The molecular weight excluding hydrogens is 256 g/mol. The van der Waals surface area contributed by atoms with Crippen LogP contribution in [0.15, 0.2) is 18.3 Å². The number of amides is 1. The van der Waals surface area contributed by atoms with Crippen LogP contribution in [-0.2, 0) is 11.3 Å². The molecule has 110 valence electrons. The minimum atomic E-state index is -1.09. The van der Waals surface area contributed by atoms with Crippen molar-refractivity contribution in [3.8, 4) is 0 Å². The van der Waals surface area contributed by atoms with Gasteiger partial charge >= 0.3 is 5.97 Å². The molecule has 2 N–H and O–H groups in total. The minimum absolute atomic E-state index is 0.284. The molecule has 1 aromatic heterocycles. The molecule has 1 aliphatic carbocycles. The summed E-state index contributed by atoms with van der Waals surface area (Å²) in [5.41, 5.74) is -0.547. The van der Waals surface area contributed by atoms with Crippen LogP contribution in [0.25, 0.3) is 0 Å². The van der Waals surface area contributed by atoms with E-state index in [1.807, 2.05) is 23.8 Å². The summed E-state index contributed by atoms with van der Waals surface area (Å²) in [6.07, 6.45) is 6.55. The monoisotopic (exact) mass is 278 g/mol. The Hall–Kier alpha value is -1.78. The number of aliphatic carboxylic acids is 1. The average molecular weight is 278 g/mol. The van der Waals surface area contributed by atoms with Gasteiger partial charge < -0.3 is 15.0 Å². The standard InChI is InChI=1S/C15H22N2O3/c1-2-10-17-11-6-7-12(17)13(18)16-15(14(19)20)8-4-3-5-9-15/h6-7,11H,2-5,8-10H2,1H3,(H,16,18)(H,19,20). The smallest absolute Gasteiger partial charge is 0.329 e. The molecule has 0 atom stereocenters. The summed E-state index contributed by atoms with van der Waals surface area (Å²) >= 11 is 0. The fraction of sp³-hybridized carbons (Fsp3) is 0.600. The molecule has 5 heteroatoms. The van der Waals surface area contributed by atoms with Crippen molar-refractivity contribution in [3.63, 3.8) is 0 Å². The second-order valence-electron chi connectivity index (χ2n) is 5.49. The maximum absolute atomic E-state index is 12.4. The molecule has 20 heavy (non-hydrogen) atoms. The summed E-state index contributed by atoms with van der Waals surface area (Å²) in [6.45, 7) is 2.80. The zero-order chi connectivity index (χ0) is 14.6. The van der Waals surface area contributed by atoms with E-state index in [0.29, 0.717) is 18.5 Å². The largest absolute Gasteiger partial charge is 0.480 e. The van der Waals surface area contributed by atoms with Gasteiger partial charge in [-0.15, -0.1) is 0 Å². The average Bonchev–Trinajstić information content (AvgIpc) is 2.88. The molecule has 0 unspecified atom stereocenters. The van der Waals surface area contributed by atoms with Gasteiger partial charge in [-0.05, 0) is 31.4 Å². The number of carboxylic acid groups (broad SMARTS) is 1. The van der Waals surface area contributed by atoms with Crippen molar-refractivity contribution in [3.05, 3.63) is 24.0 Å². The molecule has 0 radical (unpaired) electrons. The summed E-state index contributed by atoms with van der Waals surface area (Å²) in [7, 11) is 0. The highest BCUT2D eigenvalue weighted by molar-refractivity contribution is 5.96. The molecule has 1 fully saturated rings. The van der Waals surface area contributed by atoms with Gasteiger partial charge in [0.1, 0.15) is 11.2 Å². The second kappa shape index (κ2) is 6.11. The predicted molar refractivity (Wildman–Crippen MR) is 75.6 cm³/mol. The SMILES string of the molecule is CCCn1cccc1C(=O)NC1(C(=O)O)CCCCC1. The van der Waals surface area contributed by atoms with Gasteiger partial charge in [0.15, 0.2) is 0 Å². The first-order valence-corrected chi connectivity index (χ1v) is 7.30. The Morgan fingerprint density at radius 2 is 2.05 bits per heavy atom. The zero-order valence-corrected chi connectivity index (χ0v) is 11.9. The van der Waals surface area contributed by atoms with Gasteiger partial charge in [0.05, 0.1) is 0 Å². The number of nitrogens with zero attached hydrogens (tertiary/aromatic N) is 1. The summed E-state index contributed by atoms with van der Waals surface area (Å²) in [6, 6.07) is 3.56. The summed E-state index contributed by atoms with van der Waals surface area (Å²) in [5.74, 6) is -1.20. The van der Waals surface area contributed by atoms with Gasteiger partial charge in [-0.25, -0.2) is 4.79 Å². The first-order valence-electron chi connectivity index (χ1n) is 7.30. The van der Waals surface area contributed by atoms with Gasteiger partial charge in [0.2, 0.25) is 0 Å². The molecule has 0 bridgehead atoms. The van der Waals surface area contributed by atoms with E-state index in [-0.39, 0.29) is 5.91 Å². The highest BCUT2D eigenvalue weighted by atomic mass is 16.4. The molecule has 2 rings (SSSR count). The van der Waals surface area contributed by atoms with Crippen LogP contribution >= 0.6 is 0 Å². The number of aromatic nitrogens is 1. The van der Waals surface area contributed by atoms with Crippen LogP contribution in [0.3, 0.4) is 0 Å². The van der Waals surface area contributed by atoms with E-state index >= 15 is 0 Å². The third kappa shape index (κ3) is 2.86. The first-order chi connectivity index (χ1) is 9.59. The molecule has 0 spiro atoms. The number of hydrogen-bond donors (Lipinski definition) is 2. The molecule has 0 saturated heterocycles. The lowest BCUT2D eigenvalue weighted by molar-refractivity contribution is -0.145. The molecular formula is C15H22N2O3. The number of hydrogen-bond acceptors (Lipinski definition) is 2. The van der Waals surface area contributed by atoms with E-state index in [1.54, 1.807) is 6.07 Å². The van der Waals surface area contributed by atoms with E-state index in [1.165, 1.54) is 0 Å². The minimum Gasteiger partial charge on any atom is -0.480 e. The third-order valence-corrected chi connectivity index (χ3v) is 4.00. The molecule has 5 nitrogen and oxygen atoms in total. The van der Waals surface area contributed by atoms with Gasteiger partial charge in [-0.1, -0.05) is 26.2 Å². The lowest BCUT2D eigenvalue weighted by atomic mass is 9.81. The van der Waals surface area contributed by atoms with Crippen molar-refractivity contribution in [1.29, 1.82) is 0 Å². The number of carbonyl (C=O) groups excluding carboxylic acids is 1. The Bertz CT molecular complexity index is 487. The molecule has 1 amide bonds. The zero-order valence-electron chi connectivity index (χ0n) is 11.9. The first kappa shape index (κ1) is 14.6. The van der Waals surface area contributed by atoms with E-state index in [0.717, 1.165) is 32.2 Å². The highest BCUT2D eigenvalue weighted by Crippen LogP contribution is 2.28. The predicted octanol–water partition coefficient (Wildman–Crippen LogP) is 2.42. The van der Waals surface area contributed by atoms with Gasteiger partial charge in [-0.3, -0.25) is 4.79 Å². The Labute approximate surface area is 119 Å². The number of rotatable bonds is 5. The topological polar surface area (TPSA) is 71.3 Å². The normalized spacial score (nSPS) is 17.6.